The van der Waals surface area contributed by atoms with Crippen molar-refractivity contribution in [2.45, 2.75) is 53.0 Å². The summed E-state index contributed by atoms with van der Waals surface area (Å²) in [6.45, 7) is 8.39. The third-order valence-corrected chi connectivity index (χ3v) is 3.38. The first kappa shape index (κ1) is 15.5. The van der Waals surface area contributed by atoms with E-state index in [0.29, 0.717) is 0 Å². The molecule has 0 aliphatic carbocycles. The third kappa shape index (κ3) is 3.60. The van der Waals surface area contributed by atoms with E-state index in [1.54, 1.807) is 6.33 Å². The Morgan fingerprint density at radius 1 is 1.05 bits per heavy atom. The molecule has 0 fully saturated rings. The van der Waals surface area contributed by atoms with Crippen molar-refractivity contribution >= 4 is 5.82 Å². The summed E-state index contributed by atoms with van der Waals surface area (Å²) < 4.78 is 2.17. The monoisotopic (exact) mass is 287 g/mol. The highest BCUT2D eigenvalue weighted by Gasteiger charge is 2.16. The number of nitrogens with one attached hydrogen (secondary N) is 1. The average Bonchev–Trinajstić information content (AvgIpc) is 2.95. The van der Waals surface area contributed by atoms with E-state index in [9.17, 15) is 0 Å². The number of anilines is 1. The third-order valence-electron chi connectivity index (χ3n) is 3.38. The van der Waals surface area contributed by atoms with Crippen LogP contribution in [0.3, 0.4) is 0 Å². The van der Waals surface area contributed by atoms with Crippen LogP contribution in [0.15, 0.2) is 18.7 Å². The smallest absolute Gasteiger partial charge is 0.159 e. The van der Waals surface area contributed by atoms with E-state index in [1.807, 2.05) is 12.4 Å². The lowest BCUT2D eigenvalue weighted by atomic mass is 10.1. The molecule has 2 aromatic rings. The van der Waals surface area contributed by atoms with Gasteiger partial charge in [-0.3, -0.25) is 0 Å². The molecular weight excluding hydrogens is 262 g/mol. The Kier molecular flexibility index (Phi) is 5.72. The number of aryl methyl sites for hydroxylation is 1. The number of imidazole rings is 1. The quantitative estimate of drug-likeness (QED) is 0.807. The average molecular weight is 287 g/mol. The highest BCUT2D eigenvalue weighted by Crippen LogP contribution is 2.26. The van der Waals surface area contributed by atoms with Gasteiger partial charge in [-0.15, -0.1) is 0 Å². The molecule has 2 heterocycles. The number of aromatic nitrogens is 4. The van der Waals surface area contributed by atoms with Crippen molar-refractivity contribution < 1.29 is 0 Å². The maximum Gasteiger partial charge on any atom is 0.159 e. The first-order valence-corrected chi connectivity index (χ1v) is 7.91. The molecule has 2 rings (SSSR count). The maximum atomic E-state index is 4.52. The van der Waals surface area contributed by atoms with Gasteiger partial charge in [0.2, 0.25) is 0 Å². The zero-order valence-electron chi connectivity index (χ0n) is 13.3. The normalized spacial score (nSPS) is 10.8. The van der Waals surface area contributed by atoms with Crippen molar-refractivity contribution in [2.75, 3.05) is 11.9 Å². The predicted molar refractivity (Wildman–Crippen MR) is 86.3 cm³/mol. The molecule has 0 amide bonds. The zero-order chi connectivity index (χ0) is 15.1. The summed E-state index contributed by atoms with van der Waals surface area (Å²) in [6, 6.07) is 0. The molecule has 0 unspecified atom stereocenters. The molecule has 5 nitrogen and oxygen atoms in total. The summed E-state index contributed by atoms with van der Waals surface area (Å²) in [7, 11) is 0. The van der Waals surface area contributed by atoms with E-state index in [-0.39, 0.29) is 0 Å². The van der Waals surface area contributed by atoms with Gasteiger partial charge in [0.25, 0.3) is 0 Å². The summed E-state index contributed by atoms with van der Waals surface area (Å²) in [5.74, 6) is 1.90. The second kappa shape index (κ2) is 7.76. The van der Waals surface area contributed by atoms with Crippen molar-refractivity contribution in [3.63, 3.8) is 0 Å². The fourth-order valence-corrected chi connectivity index (χ4v) is 2.44. The second-order valence-electron chi connectivity index (χ2n) is 5.17. The van der Waals surface area contributed by atoms with Crippen LogP contribution >= 0.6 is 0 Å². The van der Waals surface area contributed by atoms with Crippen molar-refractivity contribution in [1.29, 1.82) is 0 Å². The van der Waals surface area contributed by atoms with Gasteiger partial charge in [-0.05, 0) is 19.3 Å². The van der Waals surface area contributed by atoms with Crippen LogP contribution in [0, 0.1) is 0 Å². The fourth-order valence-electron chi connectivity index (χ4n) is 2.44. The Balaban J connectivity index is 2.43. The highest BCUT2D eigenvalue weighted by atomic mass is 15.1. The van der Waals surface area contributed by atoms with Crippen molar-refractivity contribution in [3.05, 3.63) is 24.3 Å². The summed E-state index contributed by atoms with van der Waals surface area (Å²) in [5.41, 5.74) is 2.14. The van der Waals surface area contributed by atoms with Gasteiger partial charge in [0.15, 0.2) is 5.82 Å². The number of hydrogen-bond donors (Lipinski definition) is 1. The van der Waals surface area contributed by atoms with E-state index in [2.05, 4.69) is 45.6 Å². The van der Waals surface area contributed by atoms with E-state index in [4.69, 9.17) is 0 Å². The van der Waals surface area contributed by atoms with Crippen LogP contribution in [0.5, 0.6) is 0 Å². The molecule has 114 valence electrons. The summed E-state index contributed by atoms with van der Waals surface area (Å²) in [6.07, 6.45) is 9.69. The van der Waals surface area contributed by atoms with Crippen molar-refractivity contribution in [2.24, 2.45) is 0 Å². The van der Waals surface area contributed by atoms with Gasteiger partial charge < -0.3 is 9.88 Å². The van der Waals surface area contributed by atoms with E-state index >= 15 is 0 Å². The van der Waals surface area contributed by atoms with Crippen LogP contribution in [-0.2, 0) is 13.0 Å². The first-order valence-electron chi connectivity index (χ1n) is 7.91. The lowest BCUT2D eigenvalue weighted by Crippen LogP contribution is -2.09. The minimum Gasteiger partial charge on any atom is -0.370 e. The summed E-state index contributed by atoms with van der Waals surface area (Å²) >= 11 is 0. The topological polar surface area (TPSA) is 55.6 Å². The predicted octanol–water partition coefficient (Wildman–Crippen LogP) is 3.52. The second-order valence-corrected chi connectivity index (χ2v) is 5.17. The van der Waals surface area contributed by atoms with Gasteiger partial charge in [0.1, 0.15) is 17.8 Å². The molecule has 21 heavy (non-hydrogen) atoms. The number of hydrogen-bond acceptors (Lipinski definition) is 4. The maximum absolute atomic E-state index is 4.52. The molecule has 0 bridgehead atoms. The van der Waals surface area contributed by atoms with E-state index in [1.165, 1.54) is 5.56 Å². The highest BCUT2D eigenvalue weighted by molar-refractivity contribution is 5.63. The Morgan fingerprint density at radius 2 is 1.90 bits per heavy atom. The number of rotatable bonds is 8. The molecule has 0 saturated carbocycles. The molecule has 1 N–H and O–H groups in total. The number of nitrogens with zero attached hydrogens (tertiary/aromatic N) is 4. The molecule has 0 atom stereocenters. The largest absolute Gasteiger partial charge is 0.370 e. The van der Waals surface area contributed by atoms with E-state index in [0.717, 1.165) is 56.1 Å². The Bertz CT molecular complexity index is 562. The van der Waals surface area contributed by atoms with Gasteiger partial charge >= 0.3 is 0 Å². The van der Waals surface area contributed by atoms with Gasteiger partial charge in [0.05, 0.1) is 0 Å². The molecule has 0 aliphatic heterocycles. The van der Waals surface area contributed by atoms with Crippen LogP contribution in [0.25, 0.3) is 11.5 Å². The molecule has 0 radical (unpaired) electrons. The Morgan fingerprint density at radius 3 is 2.62 bits per heavy atom. The Labute approximate surface area is 126 Å². The summed E-state index contributed by atoms with van der Waals surface area (Å²) in [4.78, 5) is 13.5. The fraction of sp³-hybridized carbons (Fsp3) is 0.562. The van der Waals surface area contributed by atoms with Crippen LogP contribution in [0.2, 0.25) is 0 Å². The van der Waals surface area contributed by atoms with Crippen molar-refractivity contribution in [3.8, 4) is 11.5 Å². The lowest BCUT2D eigenvalue weighted by molar-refractivity contribution is 0.682. The molecule has 0 aliphatic rings. The molecule has 5 heteroatoms. The summed E-state index contributed by atoms with van der Waals surface area (Å²) in [5, 5.41) is 3.41. The molecule has 0 spiro atoms. The minimum absolute atomic E-state index is 0.927. The zero-order valence-corrected chi connectivity index (χ0v) is 13.3. The molecular formula is C16H25N5. The van der Waals surface area contributed by atoms with E-state index < -0.39 is 0 Å². The standard InChI is InChI=1S/C16H25N5/c1-4-7-13-14(16-18-9-11-21(16)10-6-3)19-12-20-15(13)17-8-5-2/h9,11-12H,4-8,10H2,1-3H3,(H,17,19,20). The van der Waals surface area contributed by atoms with Gasteiger partial charge in [0, 0.05) is 31.0 Å². The van der Waals surface area contributed by atoms with Gasteiger partial charge in [-0.2, -0.15) is 0 Å². The minimum atomic E-state index is 0.927. The molecule has 0 saturated heterocycles. The first-order chi connectivity index (χ1) is 10.3. The van der Waals surface area contributed by atoms with Crippen molar-refractivity contribution in [1.82, 2.24) is 19.5 Å². The molecule has 0 aromatic carbocycles. The van der Waals surface area contributed by atoms with Crippen LogP contribution in [0.1, 0.15) is 45.6 Å². The molecule has 2 aromatic heterocycles. The van der Waals surface area contributed by atoms with Crippen LogP contribution in [0.4, 0.5) is 5.82 Å². The SMILES string of the molecule is CCCNc1ncnc(-c2nccn2CCC)c1CCC. The van der Waals surface area contributed by atoms with Crippen LogP contribution < -0.4 is 5.32 Å². The lowest BCUT2D eigenvalue weighted by Gasteiger charge is -2.14. The Hall–Kier alpha value is -1.91. The van der Waals surface area contributed by atoms with Gasteiger partial charge in [-0.1, -0.05) is 27.2 Å². The van der Waals surface area contributed by atoms with Gasteiger partial charge in [-0.25, -0.2) is 15.0 Å². The van der Waals surface area contributed by atoms with Crippen LogP contribution in [-0.4, -0.2) is 26.1 Å².